The number of benzene rings is 1. The van der Waals surface area contributed by atoms with Crippen LogP contribution in [0.25, 0.3) is 0 Å². The molecular formula is C14H19NO2. The molecule has 3 nitrogen and oxygen atoms in total. The number of nitrogens with two attached hydrogens (primary N) is 1. The van der Waals surface area contributed by atoms with Crippen LogP contribution in [0.2, 0.25) is 0 Å². The molecule has 0 radical (unpaired) electrons. The SMILES string of the molecule is COc1ccc(C)cc1C(N)C1=CCCCO1. The minimum Gasteiger partial charge on any atom is -0.496 e. The number of hydrogen-bond acceptors (Lipinski definition) is 3. The molecule has 2 rings (SSSR count). The summed E-state index contributed by atoms with van der Waals surface area (Å²) < 4.78 is 11.0. The van der Waals surface area contributed by atoms with Gasteiger partial charge in [0.25, 0.3) is 0 Å². The van der Waals surface area contributed by atoms with Crippen LogP contribution in [0.3, 0.4) is 0 Å². The lowest BCUT2D eigenvalue weighted by molar-refractivity contribution is 0.175. The fraction of sp³-hybridized carbons (Fsp3) is 0.429. The minimum absolute atomic E-state index is 0.231. The molecule has 0 aliphatic carbocycles. The second-order valence-electron chi connectivity index (χ2n) is 4.32. The Morgan fingerprint density at radius 3 is 2.88 bits per heavy atom. The lowest BCUT2D eigenvalue weighted by Crippen LogP contribution is -2.18. The Balaban J connectivity index is 2.31. The van der Waals surface area contributed by atoms with Gasteiger partial charge in [-0.2, -0.15) is 0 Å². The maximum absolute atomic E-state index is 6.24. The standard InChI is InChI=1S/C14H19NO2/c1-10-6-7-12(16-2)11(9-10)14(15)13-5-3-4-8-17-13/h5-7,9,14H,3-4,8,15H2,1-2H3. The van der Waals surface area contributed by atoms with Crippen molar-refractivity contribution in [3.8, 4) is 5.75 Å². The highest BCUT2D eigenvalue weighted by Gasteiger charge is 2.19. The average molecular weight is 233 g/mol. The third kappa shape index (κ3) is 2.61. The largest absolute Gasteiger partial charge is 0.496 e. The molecule has 1 atom stereocenters. The smallest absolute Gasteiger partial charge is 0.124 e. The maximum atomic E-state index is 6.24. The monoisotopic (exact) mass is 233 g/mol. The second kappa shape index (κ2) is 5.23. The Bertz CT molecular complexity index is 426. The van der Waals surface area contributed by atoms with E-state index >= 15 is 0 Å². The van der Waals surface area contributed by atoms with Crippen LogP contribution in [0.1, 0.15) is 30.0 Å². The van der Waals surface area contributed by atoms with Crippen molar-refractivity contribution < 1.29 is 9.47 Å². The number of aryl methyl sites for hydroxylation is 1. The minimum atomic E-state index is -0.231. The Morgan fingerprint density at radius 2 is 2.24 bits per heavy atom. The highest BCUT2D eigenvalue weighted by Crippen LogP contribution is 2.31. The van der Waals surface area contributed by atoms with Crippen LogP contribution in [-0.4, -0.2) is 13.7 Å². The Labute approximate surface area is 102 Å². The summed E-state index contributed by atoms with van der Waals surface area (Å²) in [4.78, 5) is 0. The van der Waals surface area contributed by atoms with E-state index in [1.807, 2.05) is 19.1 Å². The Kier molecular flexibility index (Phi) is 3.69. The summed E-state index contributed by atoms with van der Waals surface area (Å²) in [6.07, 6.45) is 4.19. The number of hydrogen-bond donors (Lipinski definition) is 1. The molecule has 1 aliphatic heterocycles. The van der Waals surface area contributed by atoms with E-state index in [1.165, 1.54) is 5.56 Å². The summed E-state index contributed by atoms with van der Waals surface area (Å²) in [5.74, 6) is 1.68. The molecule has 1 heterocycles. The predicted molar refractivity (Wildman–Crippen MR) is 67.9 cm³/mol. The van der Waals surface area contributed by atoms with Gasteiger partial charge in [0.1, 0.15) is 11.5 Å². The maximum Gasteiger partial charge on any atom is 0.124 e. The van der Waals surface area contributed by atoms with Crippen LogP contribution in [0.15, 0.2) is 30.0 Å². The first-order valence-corrected chi connectivity index (χ1v) is 5.95. The highest BCUT2D eigenvalue weighted by molar-refractivity contribution is 5.41. The molecule has 0 saturated heterocycles. The summed E-state index contributed by atoms with van der Waals surface area (Å²) in [6, 6.07) is 5.80. The van der Waals surface area contributed by atoms with E-state index in [2.05, 4.69) is 12.1 Å². The van der Waals surface area contributed by atoms with Gasteiger partial charge in [0.2, 0.25) is 0 Å². The lowest BCUT2D eigenvalue weighted by Gasteiger charge is -2.22. The summed E-state index contributed by atoms with van der Waals surface area (Å²) in [5, 5.41) is 0. The average Bonchev–Trinajstić information content (AvgIpc) is 2.39. The van der Waals surface area contributed by atoms with Crippen LogP contribution in [0.5, 0.6) is 5.75 Å². The quantitative estimate of drug-likeness (QED) is 0.873. The van der Waals surface area contributed by atoms with Crippen LogP contribution >= 0.6 is 0 Å². The number of methoxy groups -OCH3 is 1. The van der Waals surface area contributed by atoms with Gasteiger partial charge in [0, 0.05) is 5.56 Å². The van der Waals surface area contributed by atoms with Crippen molar-refractivity contribution >= 4 is 0 Å². The second-order valence-corrected chi connectivity index (χ2v) is 4.32. The van der Waals surface area contributed by atoms with Gasteiger partial charge in [-0.1, -0.05) is 17.7 Å². The van der Waals surface area contributed by atoms with Gasteiger partial charge < -0.3 is 15.2 Å². The van der Waals surface area contributed by atoms with Gasteiger partial charge in [-0.3, -0.25) is 0 Å². The molecule has 0 spiro atoms. The Morgan fingerprint density at radius 1 is 1.41 bits per heavy atom. The summed E-state index contributed by atoms with van der Waals surface area (Å²) in [6.45, 7) is 2.80. The van der Waals surface area contributed by atoms with Gasteiger partial charge in [0.15, 0.2) is 0 Å². The molecule has 0 fully saturated rings. The van der Waals surface area contributed by atoms with Crippen LogP contribution in [-0.2, 0) is 4.74 Å². The fourth-order valence-corrected chi connectivity index (χ4v) is 2.04. The highest BCUT2D eigenvalue weighted by atomic mass is 16.5. The van der Waals surface area contributed by atoms with Crippen molar-refractivity contribution in [2.45, 2.75) is 25.8 Å². The summed E-state index contributed by atoms with van der Waals surface area (Å²) in [5.41, 5.74) is 8.40. The van der Waals surface area contributed by atoms with Crippen molar-refractivity contribution in [2.75, 3.05) is 13.7 Å². The van der Waals surface area contributed by atoms with E-state index in [-0.39, 0.29) is 6.04 Å². The normalized spacial score (nSPS) is 17.0. The van der Waals surface area contributed by atoms with Crippen molar-refractivity contribution in [1.82, 2.24) is 0 Å². The first-order chi connectivity index (χ1) is 8.22. The molecular weight excluding hydrogens is 214 g/mol. The summed E-state index contributed by atoms with van der Waals surface area (Å²) in [7, 11) is 1.66. The molecule has 0 bridgehead atoms. The van der Waals surface area contributed by atoms with Crippen LogP contribution in [0, 0.1) is 6.92 Å². The van der Waals surface area contributed by atoms with Crippen LogP contribution in [0.4, 0.5) is 0 Å². The molecule has 0 amide bonds. The zero-order chi connectivity index (χ0) is 12.3. The predicted octanol–water partition coefficient (Wildman–Crippen LogP) is 2.70. The zero-order valence-electron chi connectivity index (χ0n) is 10.4. The van der Waals surface area contributed by atoms with E-state index < -0.39 is 0 Å². The zero-order valence-corrected chi connectivity index (χ0v) is 10.4. The van der Waals surface area contributed by atoms with Crippen molar-refractivity contribution in [3.63, 3.8) is 0 Å². The number of ether oxygens (including phenoxy) is 2. The van der Waals surface area contributed by atoms with E-state index in [9.17, 15) is 0 Å². The molecule has 2 N–H and O–H groups in total. The fourth-order valence-electron chi connectivity index (χ4n) is 2.04. The van der Waals surface area contributed by atoms with Gasteiger partial charge in [-0.15, -0.1) is 0 Å². The van der Waals surface area contributed by atoms with E-state index in [0.717, 1.165) is 36.5 Å². The molecule has 17 heavy (non-hydrogen) atoms. The topological polar surface area (TPSA) is 44.5 Å². The Hall–Kier alpha value is -1.48. The molecule has 1 aliphatic rings. The van der Waals surface area contributed by atoms with Gasteiger partial charge >= 0.3 is 0 Å². The van der Waals surface area contributed by atoms with E-state index in [0.29, 0.717) is 0 Å². The molecule has 0 aromatic heterocycles. The summed E-state index contributed by atoms with van der Waals surface area (Å²) >= 11 is 0. The van der Waals surface area contributed by atoms with E-state index in [1.54, 1.807) is 7.11 Å². The molecule has 1 aromatic carbocycles. The lowest BCUT2D eigenvalue weighted by atomic mass is 10.0. The molecule has 0 saturated carbocycles. The first kappa shape index (κ1) is 12.0. The molecule has 3 heteroatoms. The van der Waals surface area contributed by atoms with Gasteiger partial charge in [-0.05, 0) is 31.9 Å². The molecule has 92 valence electrons. The third-order valence-electron chi connectivity index (χ3n) is 2.99. The van der Waals surface area contributed by atoms with Gasteiger partial charge in [0.05, 0.1) is 19.8 Å². The number of rotatable bonds is 3. The van der Waals surface area contributed by atoms with E-state index in [4.69, 9.17) is 15.2 Å². The van der Waals surface area contributed by atoms with Crippen molar-refractivity contribution in [1.29, 1.82) is 0 Å². The molecule has 1 aromatic rings. The van der Waals surface area contributed by atoms with Crippen molar-refractivity contribution in [2.24, 2.45) is 5.73 Å². The van der Waals surface area contributed by atoms with Gasteiger partial charge in [-0.25, -0.2) is 0 Å². The van der Waals surface area contributed by atoms with Crippen molar-refractivity contribution in [3.05, 3.63) is 41.2 Å². The van der Waals surface area contributed by atoms with Crippen LogP contribution < -0.4 is 10.5 Å². The third-order valence-corrected chi connectivity index (χ3v) is 2.99. The number of allylic oxidation sites excluding steroid dienone is 1. The molecule has 1 unspecified atom stereocenters. The first-order valence-electron chi connectivity index (χ1n) is 5.95.